The summed E-state index contributed by atoms with van der Waals surface area (Å²) in [6.07, 6.45) is 3.90. The number of fused-ring (bicyclic) bond motifs is 1. The van der Waals surface area contributed by atoms with E-state index in [0.29, 0.717) is 5.56 Å². The summed E-state index contributed by atoms with van der Waals surface area (Å²) in [6.45, 7) is 1.56. The van der Waals surface area contributed by atoms with Crippen LogP contribution in [0.3, 0.4) is 0 Å². The van der Waals surface area contributed by atoms with Crippen molar-refractivity contribution in [3.05, 3.63) is 36.0 Å². The highest BCUT2D eigenvalue weighted by Gasteiger charge is 2.11. The van der Waals surface area contributed by atoms with Crippen molar-refractivity contribution in [1.29, 1.82) is 0 Å². The Kier molecular flexibility index (Phi) is 3.99. The van der Waals surface area contributed by atoms with E-state index in [0.717, 1.165) is 36.9 Å². The number of nitrogens with zero attached hydrogens (tertiary/aromatic N) is 1. The van der Waals surface area contributed by atoms with Gasteiger partial charge in [0.1, 0.15) is 0 Å². The molecule has 0 aliphatic carbocycles. The predicted octanol–water partition coefficient (Wildman–Crippen LogP) is 2.77. The minimum atomic E-state index is -0.877. The number of aromatic carboxylic acids is 1. The molecule has 0 unspecified atom stereocenters. The van der Waals surface area contributed by atoms with E-state index >= 15 is 0 Å². The van der Waals surface area contributed by atoms with Gasteiger partial charge in [0.05, 0.1) is 11.1 Å². The number of aromatic nitrogens is 1. The first-order chi connectivity index (χ1) is 8.74. The maximum Gasteiger partial charge on any atom is 0.337 e. The van der Waals surface area contributed by atoms with Crippen LogP contribution in [0.5, 0.6) is 0 Å². The van der Waals surface area contributed by atoms with E-state index in [1.807, 2.05) is 22.9 Å². The van der Waals surface area contributed by atoms with E-state index in [1.54, 1.807) is 19.2 Å². The van der Waals surface area contributed by atoms with Crippen LogP contribution in [0.4, 0.5) is 0 Å². The van der Waals surface area contributed by atoms with Gasteiger partial charge in [-0.15, -0.1) is 0 Å². The highest BCUT2D eigenvalue weighted by molar-refractivity contribution is 6.02. The van der Waals surface area contributed by atoms with Gasteiger partial charge in [-0.3, -0.25) is 0 Å². The minimum absolute atomic E-state index is 0.365. The number of benzene rings is 1. The third-order valence-electron chi connectivity index (χ3n) is 3.02. The number of unbranched alkanes of at least 4 members (excludes halogenated alkanes) is 1. The zero-order valence-corrected chi connectivity index (χ0v) is 10.4. The number of hydrogen-bond donors (Lipinski definition) is 1. The van der Waals surface area contributed by atoms with Gasteiger partial charge < -0.3 is 14.4 Å². The molecule has 0 amide bonds. The Morgan fingerprint density at radius 2 is 2.17 bits per heavy atom. The summed E-state index contributed by atoms with van der Waals surface area (Å²) in [7, 11) is 1.69. The van der Waals surface area contributed by atoms with Gasteiger partial charge in [-0.25, -0.2) is 4.79 Å². The lowest BCUT2D eigenvalue weighted by molar-refractivity contribution is 0.0698. The molecule has 0 spiro atoms. The van der Waals surface area contributed by atoms with Crippen molar-refractivity contribution in [2.24, 2.45) is 0 Å². The second-order valence-electron chi connectivity index (χ2n) is 4.26. The number of methoxy groups -OCH3 is 1. The molecule has 1 aromatic heterocycles. The fourth-order valence-electron chi connectivity index (χ4n) is 2.15. The number of ether oxygens (including phenoxy) is 1. The maximum absolute atomic E-state index is 11.2. The lowest BCUT2D eigenvalue weighted by Gasteiger charge is -2.07. The van der Waals surface area contributed by atoms with Gasteiger partial charge in [0, 0.05) is 31.8 Å². The molecule has 0 atom stereocenters. The predicted molar refractivity (Wildman–Crippen MR) is 70.0 cm³/mol. The van der Waals surface area contributed by atoms with Gasteiger partial charge >= 0.3 is 5.97 Å². The average molecular weight is 247 g/mol. The van der Waals surface area contributed by atoms with E-state index < -0.39 is 5.97 Å². The first-order valence-corrected chi connectivity index (χ1v) is 6.04. The molecular weight excluding hydrogens is 230 g/mol. The number of aryl methyl sites for hydroxylation is 1. The lowest BCUT2D eigenvalue weighted by atomic mass is 10.1. The van der Waals surface area contributed by atoms with Crippen molar-refractivity contribution in [2.75, 3.05) is 13.7 Å². The van der Waals surface area contributed by atoms with Crippen molar-refractivity contribution in [1.82, 2.24) is 4.57 Å². The fraction of sp³-hybridized carbons (Fsp3) is 0.357. The molecule has 1 aromatic carbocycles. The van der Waals surface area contributed by atoms with Crippen molar-refractivity contribution in [2.45, 2.75) is 19.4 Å². The van der Waals surface area contributed by atoms with Crippen molar-refractivity contribution in [3.8, 4) is 0 Å². The second-order valence-corrected chi connectivity index (χ2v) is 4.26. The van der Waals surface area contributed by atoms with Crippen LogP contribution in [0, 0.1) is 0 Å². The molecule has 0 aliphatic rings. The molecule has 4 heteroatoms. The molecule has 0 aliphatic heterocycles. The normalized spacial score (nSPS) is 10.9. The Bertz CT molecular complexity index is 545. The summed E-state index contributed by atoms with van der Waals surface area (Å²) in [5, 5.41) is 10.2. The van der Waals surface area contributed by atoms with Gasteiger partial charge in [-0.05, 0) is 25.0 Å². The Morgan fingerprint density at radius 1 is 1.33 bits per heavy atom. The highest BCUT2D eigenvalue weighted by atomic mass is 16.5. The Balaban J connectivity index is 2.25. The molecule has 2 rings (SSSR count). The smallest absolute Gasteiger partial charge is 0.337 e. The number of carbonyl (C=O) groups is 1. The standard InChI is InChI=1S/C14H17NO3/c1-18-10-3-2-8-15-9-7-11-5-4-6-12(13(11)15)14(16)17/h4-7,9H,2-3,8,10H2,1H3,(H,16,17). The topological polar surface area (TPSA) is 51.5 Å². The summed E-state index contributed by atoms with van der Waals surface area (Å²) in [6, 6.07) is 7.32. The van der Waals surface area contributed by atoms with Gasteiger partial charge in [0.2, 0.25) is 0 Å². The Morgan fingerprint density at radius 3 is 2.89 bits per heavy atom. The summed E-state index contributed by atoms with van der Waals surface area (Å²) in [5.74, 6) is -0.877. The van der Waals surface area contributed by atoms with Crippen molar-refractivity contribution >= 4 is 16.9 Å². The van der Waals surface area contributed by atoms with Gasteiger partial charge in [-0.2, -0.15) is 0 Å². The first kappa shape index (κ1) is 12.6. The van der Waals surface area contributed by atoms with E-state index in [2.05, 4.69) is 0 Å². The third kappa shape index (κ3) is 2.54. The van der Waals surface area contributed by atoms with Gasteiger partial charge in [0.15, 0.2) is 0 Å². The van der Waals surface area contributed by atoms with E-state index in [4.69, 9.17) is 4.74 Å². The van der Waals surface area contributed by atoms with Gasteiger partial charge in [-0.1, -0.05) is 12.1 Å². The zero-order valence-electron chi connectivity index (χ0n) is 10.4. The molecule has 0 fully saturated rings. The molecule has 0 radical (unpaired) electrons. The molecule has 2 aromatic rings. The third-order valence-corrected chi connectivity index (χ3v) is 3.02. The maximum atomic E-state index is 11.2. The summed E-state index contributed by atoms with van der Waals surface area (Å²) < 4.78 is 7.02. The van der Waals surface area contributed by atoms with Crippen molar-refractivity contribution < 1.29 is 14.6 Å². The summed E-state index contributed by atoms with van der Waals surface area (Å²) in [5.41, 5.74) is 1.17. The number of carboxylic acid groups (broad SMARTS) is 1. The number of para-hydroxylation sites is 1. The molecule has 1 N–H and O–H groups in total. The van der Waals surface area contributed by atoms with Crippen LogP contribution in [0.15, 0.2) is 30.5 Å². The number of rotatable bonds is 6. The van der Waals surface area contributed by atoms with Crippen molar-refractivity contribution in [3.63, 3.8) is 0 Å². The monoisotopic (exact) mass is 247 g/mol. The first-order valence-electron chi connectivity index (χ1n) is 6.04. The zero-order chi connectivity index (χ0) is 13.0. The van der Waals surface area contributed by atoms with Crippen LogP contribution in [-0.2, 0) is 11.3 Å². The lowest BCUT2D eigenvalue weighted by Crippen LogP contribution is -2.04. The Labute approximate surface area is 106 Å². The van der Waals surface area contributed by atoms with Crippen LogP contribution in [0.2, 0.25) is 0 Å². The quantitative estimate of drug-likeness (QED) is 0.798. The molecule has 1 heterocycles. The number of carboxylic acids is 1. The van der Waals surface area contributed by atoms with E-state index in [9.17, 15) is 9.90 Å². The minimum Gasteiger partial charge on any atom is -0.478 e. The second kappa shape index (κ2) is 5.69. The molecule has 0 saturated carbocycles. The molecular formula is C14H17NO3. The van der Waals surface area contributed by atoms with Crippen LogP contribution in [-0.4, -0.2) is 29.4 Å². The molecule has 4 nitrogen and oxygen atoms in total. The van der Waals surface area contributed by atoms with Crippen LogP contribution < -0.4 is 0 Å². The van der Waals surface area contributed by atoms with Crippen LogP contribution in [0.1, 0.15) is 23.2 Å². The molecule has 96 valence electrons. The van der Waals surface area contributed by atoms with Crippen LogP contribution in [0.25, 0.3) is 10.9 Å². The number of hydrogen-bond acceptors (Lipinski definition) is 2. The van der Waals surface area contributed by atoms with Gasteiger partial charge in [0.25, 0.3) is 0 Å². The summed E-state index contributed by atoms with van der Waals surface area (Å²) >= 11 is 0. The largest absolute Gasteiger partial charge is 0.478 e. The molecule has 0 saturated heterocycles. The SMILES string of the molecule is COCCCCn1ccc2cccc(C(=O)O)c21. The van der Waals surface area contributed by atoms with E-state index in [-0.39, 0.29) is 0 Å². The fourth-order valence-corrected chi connectivity index (χ4v) is 2.15. The average Bonchev–Trinajstić information content (AvgIpc) is 2.77. The molecule has 0 bridgehead atoms. The van der Waals surface area contributed by atoms with Crippen LogP contribution >= 0.6 is 0 Å². The van der Waals surface area contributed by atoms with E-state index in [1.165, 1.54) is 0 Å². The Hall–Kier alpha value is -1.81. The highest BCUT2D eigenvalue weighted by Crippen LogP contribution is 2.21. The molecule has 18 heavy (non-hydrogen) atoms. The summed E-state index contributed by atoms with van der Waals surface area (Å²) in [4.78, 5) is 11.2.